The number of hydrogen-bond acceptors (Lipinski definition) is 3. The van der Waals surface area contributed by atoms with Crippen LogP contribution >= 0.6 is 0 Å². The molecule has 1 aliphatic heterocycles. The van der Waals surface area contributed by atoms with Gasteiger partial charge in [-0.2, -0.15) is 0 Å². The third-order valence-electron chi connectivity index (χ3n) is 3.98. The van der Waals surface area contributed by atoms with Crippen molar-refractivity contribution in [1.82, 2.24) is 0 Å². The van der Waals surface area contributed by atoms with Gasteiger partial charge in [0.25, 0.3) is 0 Å². The maximum atomic E-state index is 11.2. The molecule has 1 unspecified atom stereocenters. The van der Waals surface area contributed by atoms with E-state index in [2.05, 4.69) is 0 Å². The zero-order valence-corrected chi connectivity index (χ0v) is 12.4. The van der Waals surface area contributed by atoms with Gasteiger partial charge in [0.05, 0.1) is 19.1 Å². The van der Waals surface area contributed by atoms with Crippen LogP contribution in [0.5, 0.6) is 0 Å². The number of benzene rings is 2. The first-order valence-corrected chi connectivity index (χ1v) is 7.30. The first kappa shape index (κ1) is 14.8. The minimum Gasteiger partial charge on any atom is -0.481 e. The summed E-state index contributed by atoms with van der Waals surface area (Å²) in [6.45, 7) is 2.69. The summed E-state index contributed by atoms with van der Waals surface area (Å²) in [5.74, 6) is -2.37. The lowest BCUT2D eigenvalue weighted by Gasteiger charge is -2.29. The van der Waals surface area contributed by atoms with Crippen LogP contribution in [-0.2, 0) is 20.1 Å². The molecular weight excluding hydrogens is 280 g/mol. The molecule has 2 aromatic rings. The van der Waals surface area contributed by atoms with Gasteiger partial charge in [0.2, 0.25) is 5.79 Å². The van der Waals surface area contributed by atoms with E-state index in [4.69, 9.17) is 9.47 Å². The zero-order valence-electron chi connectivity index (χ0n) is 12.4. The molecule has 0 aromatic heterocycles. The number of hydrogen-bond donors (Lipinski definition) is 1. The number of rotatable bonds is 4. The Kier molecular flexibility index (Phi) is 3.96. The number of ether oxygens (including phenoxy) is 2. The summed E-state index contributed by atoms with van der Waals surface area (Å²) in [6.07, 6.45) is 0. The lowest BCUT2D eigenvalue weighted by molar-refractivity contribution is -0.138. The van der Waals surface area contributed by atoms with E-state index < -0.39 is 17.7 Å². The van der Waals surface area contributed by atoms with E-state index in [0.29, 0.717) is 13.2 Å². The smallest absolute Gasteiger partial charge is 0.310 e. The second-order valence-corrected chi connectivity index (χ2v) is 5.36. The molecule has 0 aliphatic carbocycles. The van der Waals surface area contributed by atoms with Gasteiger partial charge >= 0.3 is 5.97 Å². The molecule has 22 heavy (non-hydrogen) atoms. The Morgan fingerprint density at radius 2 is 1.68 bits per heavy atom. The summed E-state index contributed by atoms with van der Waals surface area (Å²) in [7, 11) is 0. The van der Waals surface area contributed by atoms with Crippen molar-refractivity contribution in [3.63, 3.8) is 0 Å². The lowest BCUT2D eigenvalue weighted by Crippen LogP contribution is -2.29. The molecule has 0 bridgehead atoms. The van der Waals surface area contributed by atoms with E-state index in [9.17, 15) is 9.90 Å². The van der Waals surface area contributed by atoms with Crippen molar-refractivity contribution < 1.29 is 19.4 Å². The Labute approximate surface area is 129 Å². The van der Waals surface area contributed by atoms with Gasteiger partial charge in [0, 0.05) is 11.1 Å². The fourth-order valence-corrected chi connectivity index (χ4v) is 2.73. The average molecular weight is 298 g/mol. The summed E-state index contributed by atoms with van der Waals surface area (Å²) >= 11 is 0. The van der Waals surface area contributed by atoms with Gasteiger partial charge in [-0.3, -0.25) is 4.79 Å². The quantitative estimate of drug-likeness (QED) is 0.942. The minimum absolute atomic E-state index is 0.508. The minimum atomic E-state index is -0.949. The van der Waals surface area contributed by atoms with Gasteiger partial charge in [-0.25, -0.2) is 0 Å². The molecule has 1 fully saturated rings. The molecule has 0 saturated carbocycles. The summed E-state index contributed by atoms with van der Waals surface area (Å²) in [6, 6.07) is 17.2. The highest BCUT2D eigenvalue weighted by atomic mass is 16.7. The molecule has 114 valence electrons. The molecule has 1 aliphatic rings. The molecular formula is C18H18O4. The molecule has 1 N–H and O–H groups in total. The summed E-state index contributed by atoms with van der Waals surface area (Å²) in [5, 5.41) is 9.21. The SMILES string of the molecule is CC(C(=O)O)c1cccc(C2(c3ccccc3)OCCO2)c1. The molecule has 3 rings (SSSR count). The third kappa shape index (κ3) is 2.51. The first-order chi connectivity index (χ1) is 10.6. The lowest BCUT2D eigenvalue weighted by atomic mass is 9.92. The van der Waals surface area contributed by atoms with Gasteiger partial charge in [0.15, 0.2) is 0 Å². The van der Waals surface area contributed by atoms with E-state index in [1.54, 1.807) is 6.92 Å². The fourth-order valence-electron chi connectivity index (χ4n) is 2.73. The van der Waals surface area contributed by atoms with Gasteiger partial charge in [-0.1, -0.05) is 48.5 Å². The number of carbonyl (C=O) groups is 1. The van der Waals surface area contributed by atoms with Gasteiger partial charge in [-0.15, -0.1) is 0 Å². The monoisotopic (exact) mass is 298 g/mol. The normalized spacial score (nSPS) is 18.0. The summed E-state index contributed by atoms with van der Waals surface area (Å²) in [5.41, 5.74) is 2.47. The molecule has 0 amide bonds. The van der Waals surface area contributed by atoms with Crippen LogP contribution in [0.15, 0.2) is 54.6 Å². The Hall–Kier alpha value is -2.17. The molecule has 0 spiro atoms. The first-order valence-electron chi connectivity index (χ1n) is 7.30. The Morgan fingerprint density at radius 3 is 2.32 bits per heavy atom. The van der Waals surface area contributed by atoms with Crippen molar-refractivity contribution >= 4 is 5.97 Å². The van der Waals surface area contributed by atoms with Crippen LogP contribution in [0, 0.1) is 0 Å². The Bertz CT molecular complexity index is 660. The maximum absolute atomic E-state index is 11.2. The van der Waals surface area contributed by atoms with Crippen LogP contribution in [0.4, 0.5) is 0 Å². The average Bonchev–Trinajstić information content (AvgIpc) is 3.06. The van der Waals surface area contributed by atoms with Crippen LogP contribution < -0.4 is 0 Å². The fraction of sp³-hybridized carbons (Fsp3) is 0.278. The van der Waals surface area contributed by atoms with Crippen molar-refractivity contribution in [2.75, 3.05) is 13.2 Å². The van der Waals surface area contributed by atoms with Crippen LogP contribution in [0.3, 0.4) is 0 Å². The molecule has 1 saturated heterocycles. The molecule has 1 atom stereocenters. The second-order valence-electron chi connectivity index (χ2n) is 5.36. The molecule has 4 nitrogen and oxygen atoms in total. The maximum Gasteiger partial charge on any atom is 0.310 e. The topological polar surface area (TPSA) is 55.8 Å². The van der Waals surface area contributed by atoms with E-state index in [1.807, 2.05) is 54.6 Å². The van der Waals surface area contributed by atoms with Crippen LogP contribution in [0.25, 0.3) is 0 Å². The van der Waals surface area contributed by atoms with Gasteiger partial charge in [0.1, 0.15) is 0 Å². The molecule has 1 heterocycles. The van der Waals surface area contributed by atoms with Crippen LogP contribution in [0.2, 0.25) is 0 Å². The Morgan fingerprint density at radius 1 is 1.05 bits per heavy atom. The largest absolute Gasteiger partial charge is 0.481 e. The van der Waals surface area contributed by atoms with Gasteiger partial charge < -0.3 is 14.6 Å². The predicted octanol–water partition coefficient (Wildman–Crippen LogP) is 3.12. The number of carboxylic acid groups (broad SMARTS) is 1. The van der Waals surface area contributed by atoms with E-state index in [0.717, 1.165) is 16.7 Å². The van der Waals surface area contributed by atoms with E-state index in [-0.39, 0.29) is 0 Å². The molecule has 4 heteroatoms. The van der Waals surface area contributed by atoms with Crippen molar-refractivity contribution in [2.45, 2.75) is 18.6 Å². The van der Waals surface area contributed by atoms with Crippen molar-refractivity contribution in [1.29, 1.82) is 0 Å². The van der Waals surface area contributed by atoms with Crippen LogP contribution in [-0.4, -0.2) is 24.3 Å². The third-order valence-corrected chi connectivity index (χ3v) is 3.98. The van der Waals surface area contributed by atoms with Crippen LogP contribution in [0.1, 0.15) is 29.5 Å². The predicted molar refractivity (Wildman–Crippen MR) is 81.6 cm³/mol. The number of carboxylic acids is 1. The highest BCUT2D eigenvalue weighted by Gasteiger charge is 2.40. The molecule has 2 aromatic carbocycles. The highest BCUT2D eigenvalue weighted by Crippen LogP contribution is 2.39. The van der Waals surface area contributed by atoms with Crippen molar-refractivity contribution in [3.05, 3.63) is 71.3 Å². The molecule has 0 radical (unpaired) electrons. The van der Waals surface area contributed by atoms with Crippen molar-refractivity contribution in [3.8, 4) is 0 Å². The number of aliphatic carboxylic acids is 1. The highest BCUT2D eigenvalue weighted by molar-refractivity contribution is 5.75. The Balaban J connectivity index is 2.07. The standard InChI is InChI=1S/C18H18O4/c1-13(17(19)20)14-6-5-9-16(12-14)18(21-10-11-22-18)15-7-3-2-4-8-15/h2-9,12-13H,10-11H2,1H3,(H,19,20). The summed E-state index contributed by atoms with van der Waals surface area (Å²) < 4.78 is 11.9. The summed E-state index contributed by atoms with van der Waals surface area (Å²) in [4.78, 5) is 11.2. The van der Waals surface area contributed by atoms with Gasteiger partial charge in [-0.05, 0) is 18.6 Å². The van der Waals surface area contributed by atoms with E-state index >= 15 is 0 Å². The van der Waals surface area contributed by atoms with Crippen molar-refractivity contribution in [2.24, 2.45) is 0 Å². The van der Waals surface area contributed by atoms with E-state index in [1.165, 1.54) is 0 Å². The zero-order chi connectivity index (χ0) is 15.6. The second kappa shape index (κ2) is 5.91.